The summed E-state index contributed by atoms with van der Waals surface area (Å²) in [5.41, 5.74) is -0.668. The lowest BCUT2D eigenvalue weighted by molar-refractivity contribution is -0.204. The van der Waals surface area contributed by atoms with Crippen LogP contribution in [0.5, 0.6) is 0 Å². The molecule has 1 aliphatic heterocycles. The molecule has 3 aliphatic rings. The minimum absolute atomic E-state index is 0.109. The monoisotopic (exact) mass is 445 g/mol. The van der Waals surface area contributed by atoms with Crippen molar-refractivity contribution in [2.75, 3.05) is 7.11 Å². The maximum atomic E-state index is 13.9. The second-order valence-electron chi connectivity index (χ2n) is 9.91. The molecule has 1 N–H and O–H groups in total. The summed E-state index contributed by atoms with van der Waals surface area (Å²) >= 11 is 0. The molecule has 0 radical (unpaired) electrons. The van der Waals surface area contributed by atoms with Crippen LogP contribution in [0.15, 0.2) is 23.0 Å². The van der Waals surface area contributed by atoms with Gasteiger partial charge in [-0.25, -0.2) is 0 Å². The fraction of sp³-hybridized carbons (Fsp3) is 0.667. The Morgan fingerprint density at radius 2 is 2.00 bits per heavy atom. The van der Waals surface area contributed by atoms with E-state index >= 15 is 0 Å². The summed E-state index contributed by atoms with van der Waals surface area (Å²) in [7, 11) is 1.34. The molecule has 32 heavy (non-hydrogen) atoms. The van der Waals surface area contributed by atoms with E-state index < -0.39 is 40.7 Å². The number of cyclic esters (lactones) is 1. The molecule has 1 amide bonds. The van der Waals surface area contributed by atoms with Crippen LogP contribution < -0.4 is 5.32 Å². The molecule has 1 unspecified atom stereocenters. The Labute approximate surface area is 187 Å². The predicted molar refractivity (Wildman–Crippen MR) is 112 cm³/mol. The van der Waals surface area contributed by atoms with Gasteiger partial charge < -0.3 is 19.2 Å². The number of hydrogen-bond donors (Lipinski definition) is 1. The first-order chi connectivity index (χ1) is 15.2. The number of ketones is 1. The first-order valence-electron chi connectivity index (χ1n) is 11.3. The van der Waals surface area contributed by atoms with Crippen molar-refractivity contribution in [3.8, 4) is 0 Å². The van der Waals surface area contributed by atoms with Crippen LogP contribution in [0.3, 0.4) is 0 Å². The number of furan rings is 1. The molecular formula is C24H31NO7. The van der Waals surface area contributed by atoms with Gasteiger partial charge in [-0.3, -0.25) is 19.2 Å². The van der Waals surface area contributed by atoms with E-state index in [1.165, 1.54) is 13.4 Å². The number of methoxy groups -OCH3 is 1. The van der Waals surface area contributed by atoms with E-state index in [-0.39, 0.29) is 36.5 Å². The van der Waals surface area contributed by atoms with Crippen LogP contribution in [0.4, 0.5) is 0 Å². The molecule has 0 spiro atoms. The van der Waals surface area contributed by atoms with Gasteiger partial charge in [0.2, 0.25) is 5.91 Å². The van der Waals surface area contributed by atoms with Crippen LogP contribution in [-0.2, 0) is 28.7 Å². The first kappa shape index (κ1) is 22.6. The van der Waals surface area contributed by atoms with E-state index in [4.69, 9.17) is 13.9 Å². The molecule has 2 saturated carbocycles. The number of rotatable bonds is 4. The molecule has 0 bridgehead atoms. The minimum atomic E-state index is -0.787. The molecule has 8 nitrogen and oxygen atoms in total. The zero-order valence-electron chi connectivity index (χ0n) is 19.0. The Morgan fingerprint density at radius 3 is 2.62 bits per heavy atom. The van der Waals surface area contributed by atoms with Gasteiger partial charge in [0.1, 0.15) is 6.10 Å². The number of carbonyl (C=O) groups is 4. The molecule has 4 rings (SSSR count). The van der Waals surface area contributed by atoms with Gasteiger partial charge >= 0.3 is 11.9 Å². The highest BCUT2D eigenvalue weighted by molar-refractivity contribution is 5.95. The number of ether oxygens (including phenoxy) is 2. The predicted octanol–water partition coefficient (Wildman–Crippen LogP) is 2.96. The van der Waals surface area contributed by atoms with Crippen molar-refractivity contribution in [3.63, 3.8) is 0 Å². The normalized spacial score (nSPS) is 38.8. The van der Waals surface area contributed by atoms with Crippen molar-refractivity contribution in [1.29, 1.82) is 0 Å². The molecule has 7 atom stereocenters. The average molecular weight is 446 g/mol. The van der Waals surface area contributed by atoms with Crippen LogP contribution in [0.25, 0.3) is 0 Å². The van der Waals surface area contributed by atoms with Gasteiger partial charge in [-0.1, -0.05) is 20.8 Å². The highest BCUT2D eigenvalue weighted by Gasteiger charge is 2.67. The summed E-state index contributed by atoms with van der Waals surface area (Å²) in [6.07, 6.45) is 4.50. The van der Waals surface area contributed by atoms with Crippen molar-refractivity contribution in [1.82, 2.24) is 5.32 Å². The van der Waals surface area contributed by atoms with Crippen molar-refractivity contribution in [2.45, 2.75) is 65.0 Å². The van der Waals surface area contributed by atoms with Crippen molar-refractivity contribution >= 4 is 23.6 Å². The zero-order chi connectivity index (χ0) is 23.3. The van der Waals surface area contributed by atoms with Gasteiger partial charge in [-0.2, -0.15) is 0 Å². The number of fused-ring (bicyclic) bond motifs is 3. The number of amides is 1. The third-order valence-electron chi connectivity index (χ3n) is 8.21. The van der Waals surface area contributed by atoms with E-state index in [0.717, 1.165) is 5.56 Å². The van der Waals surface area contributed by atoms with Crippen molar-refractivity contribution < 1.29 is 33.1 Å². The Kier molecular flexibility index (Phi) is 5.67. The molecule has 1 aromatic heterocycles. The topological polar surface area (TPSA) is 112 Å². The molecule has 8 heteroatoms. The highest BCUT2D eigenvalue weighted by Crippen LogP contribution is 2.64. The zero-order valence-corrected chi connectivity index (χ0v) is 19.0. The van der Waals surface area contributed by atoms with Gasteiger partial charge in [-0.05, 0) is 42.6 Å². The molecule has 0 aromatic carbocycles. The summed E-state index contributed by atoms with van der Waals surface area (Å²) in [6.45, 7) is 5.64. The maximum absolute atomic E-state index is 13.9. The van der Waals surface area contributed by atoms with E-state index in [0.29, 0.717) is 19.3 Å². The van der Waals surface area contributed by atoms with E-state index in [9.17, 15) is 19.2 Å². The molecule has 2 heterocycles. The molecule has 3 fully saturated rings. The van der Waals surface area contributed by atoms with E-state index in [1.54, 1.807) is 19.3 Å². The van der Waals surface area contributed by atoms with Crippen LogP contribution in [-0.4, -0.2) is 36.8 Å². The third-order valence-corrected chi connectivity index (χ3v) is 8.21. The average Bonchev–Trinajstić information content (AvgIpc) is 3.29. The molecule has 2 aliphatic carbocycles. The number of carbonyl (C=O) groups excluding carboxylic acids is 4. The lowest BCUT2D eigenvalue weighted by Gasteiger charge is -2.61. The molecule has 174 valence electrons. The second kappa shape index (κ2) is 8.05. The van der Waals surface area contributed by atoms with Gasteiger partial charge in [0.25, 0.3) is 0 Å². The van der Waals surface area contributed by atoms with Gasteiger partial charge in [0.15, 0.2) is 5.78 Å². The molecule has 1 saturated heterocycles. The Balaban J connectivity index is 1.78. The van der Waals surface area contributed by atoms with E-state index in [1.807, 2.05) is 13.8 Å². The summed E-state index contributed by atoms with van der Waals surface area (Å²) in [5, 5.41) is 2.81. The standard InChI is InChI=1S/C24H31NO7/c1-5-18(26)25-16-10-15(21(28)30-4)23(2)8-6-14-22(29)32-17(13-7-9-31-12-13)11-24(14,3)20(23)19(16)27/h7,9,12,14-17,20H,5-6,8,10-11H2,1-4H3,(H,25,26)/t14-,15-,16+,17-,20?,23-,24-/m0/s1. The lowest BCUT2D eigenvalue weighted by Crippen LogP contribution is -2.66. The van der Waals surface area contributed by atoms with Crippen LogP contribution in [0.1, 0.15) is 64.5 Å². The summed E-state index contributed by atoms with van der Waals surface area (Å²) in [5.74, 6) is -2.67. The Hall–Kier alpha value is -2.64. The summed E-state index contributed by atoms with van der Waals surface area (Å²) < 4.78 is 16.1. The Bertz CT molecular complexity index is 925. The number of hydrogen-bond acceptors (Lipinski definition) is 7. The fourth-order valence-corrected chi connectivity index (χ4v) is 6.62. The van der Waals surface area contributed by atoms with Crippen LogP contribution >= 0.6 is 0 Å². The smallest absolute Gasteiger partial charge is 0.310 e. The molecular weight excluding hydrogens is 414 g/mol. The summed E-state index contributed by atoms with van der Waals surface area (Å²) in [6, 6.07) is 0.971. The number of Topliss-reactive ketones (excluding diaryl/α,β-unsaturated/α-hetero) is 1. The quantitative estimate of drug-likeness (QED) is 0.709. The maximum Gasteiger partial charge on any atom is 0.310 e. The first-order valence-corrected chi connectivity index (χ1v) is 11.3. The molecule has 1 aromatic rings. The third kappa shape index (κ3) is 3.35. The SMILES string of the molecule is CCC(=O)N[C@@H]1C[C@@H](C(=O)OC)[C@]2(C)CC[C@H]3C(=O)O[C@H](c4ccoc4)C[C@]3(C)C2C1=O. The lowest BCUT2D eigenvalue weighted by atomic mass is 9.43. The van der Waals surface area contributed by atoms with Crippen LogP contribution in [0.2, 0.25) is 0 Å². The number of esters is 2. The number of nitrogens with one attached hydrogen (secondary N) is 1. The van der Waals surface area contributed by atoms with Crippen molar-refractivity contribution in [3.05, 3.63) is 24.2 Å². The minimum Gasteiger partial charge on any atom is -0.472 e. The fourth-order valence-electron chi connectivity index (χ4n) is 6.62. The second-order valence-corrected chi connectivity index (χ2v) is 9.91. The van der Waals surface area contributed by atoms with E-state index in [2.05, 4.69) is 5.32 Å². The summed E-state index contributed by atoms with van der Waals surface area (Å²) in [4.78, 5) is 52.0. The van der Waals surface area contributed by atoms with Gasteiger partial charge in [-0.15, -0.1) is 0 Å². The van der Waals surface area contributed by atoms with Crippen molar-refractivity contribution in [2.24, 2.45) is 28.6 Å². The Morgan fingerprint density at radius 1 is 1.25 bits per heavy atom. The van der Waals surface area contributed by atoms with Gasteiger partial charge in [0.05, 0.1) is 37.5 Å². The highest BCUT2D eigenvalue weighted by atomic mass is 16.5. The van der Waals surface area contributed by atoms with Crippen LogP contribution in [0, 0.1) is 28.6 Å². The largest absolute Gasteiger partial charge is 0.472 e. The van der Waals surface area contributed by atoms with Gasteiger partial charge in [0, 0.05) is 17.9 Å².